The first-order chi connectivity index (χ1) is 7.95. The second-order valence-corrected chi connectivity index (χ2v) is 4.22. The van der Waals surface area contributed by atoms with Gasteiger partial charge < -0.3 is 10.1 Å². The zero-order valence-corrected chi connectivity index (χ0v) is 9.85. The van der Waals surface area contributed by atoms with Crippen LogP contribution in [-0.2, 0) is 9.53 Å². The van der Waals surface area contributed by atoms with Crippen LogP contribution >= 0.6 is 0 Å². The molecule has 0 aromatic carbocycles. The highest BCUT2D eigenvalue weighted by molar-refractivity contribution is 5.71. The Kier molecular flexibility index (Phi) is 5.24. The summed E-state index contributed by atoms with van der Waals surface area (Å²) in [5.41, 5.74) is 0. The summed E-state index contributed by atoms with van der Waals surface area (Å²) in [6, 6.07) is -0.659. The van der Waals surface area contributed by atoms with E-state index in [0.717, 1.165) is 6.42 Å². The van der Waals surface area contributed by atoms with Gasteiger partial charge in [0.25, 0.3) is 0 Å². The SMILES string of the molecule is CCOC(=O)CNC1CCCCC1C(F)(F)F. The molecule has 1 aliphatic carbocycles. The molecule has 3 nitrogen and oxygen atoms in total. The first kappa shape index (κ1) is 14.3. The van der Waals surface area contributed by atoms with Crippen LogP contribution in [0.25, 0.3) is 0 Å². The number of carbonyl (C=O) groups excluding carboxylic acids is 1. The van der Waals surface area contributed by atoms with Crippen LogP contribution in [0.5, 0.6) is 0 Å². The van der Waals surface area contributed by atoms with Gasteiger partial charge in [0.05, 0.1) is 19.1 Å². The lowest BCUT2D eigenvalue weighted by Gasteiger charge is -2.33. The third kappa shape index (κ3) is 4.53. The quantitative estimate of drug-likeness (QED) is 0.781. The highest BCUT2D eigenvalue weighted by Gasteiger charge is 2.45. The van der Waals surface area contributed by atoms with E-state index in [1.54, 1.807) is 6.92 Å². The lowest BCUT2D eigenvalue weighted by Crippen LogP contribution is -2.47. The minimum atomic E-state index is -4.19. The fourth-order valence-electron chi connectivity index (χ4n) is 2.19. The molecule has 1 rings (SSSR count). The van der Waals surface area contributed by atoms with Gasteiger partial charge in [-0.05, 0) is 19.8 Å². The molecule has 6 heteroatoms. The standard InChI is InChI=1S/C11H18F3NO2/c1-2-17-10(16)7-15-9-6-4-3-5-8(9)11(12,13)14/h8-9,15H,2-7H2,1H3. The van der Waals surface area contributed by atoms with Gasteiger partial charge in [-0.2, -0.15) is 13.2 Å². The summed E-state index contributed by atoms with van der Waals surface area (Å²) in [7, 11) is 0. The average Bonchev–Trinajstić information content (AvgIpc) is 2.26. The van der Waals surface area contributed by atoms with Gasteiger partial charge in [-0.3, -0.25) is 4.79 Å². The Hall–Kier alpha value is -0.780. The smallest absolute Gasteiger partial charge is 0.393 e. The lowest BCUT2D eigenvalue weighted by atomic mass is 9.84. The fraction of sp³-hybridized carbons (Fsp3) is 0.909. The van der Waals surface area contributed by atoms with Crippen LogP contribution in [0.1, 0.15) is 32.6 Å². The summed E-state index contributed by atoms with van der Waals surface area (Å²) in [4.78, 5) is 11.1. The van der Waals surface area contributed by atoms with E-state index in [4.69, 9.17) is 0 Å². The van der Waals surface area contributed by atoms with Crippen molar-refractivity contribution in [2.75, 3.05) is 13.2 Å². The van der Waals surface area contributed by atoms with Gasteiger partial charge in [-0.25, -0.2) is 0 Å². The van der Waals surface area contributed by atoms with Crippen LogP contribution in [0.2, 0.25) is 0 Å². The second kappa shape index (κ2) is 6.23. The maximum Gasteiger partial charge on any atom is 0.393 e. The number of hydrogen-bond acceptors (Lipinski definition) is 3. The Morgan fingerprint density at radius 3 is 2.59 bits per heavy atom. The van der Waals surface area contributed by atoms with Crippen molar-refractivity contribution in [2.45, 2.75) is 44.8 Å². The molecule has 1 aliphatic rings. The molecular formula is C11H18F3NO2. The van der Waals surface area contributed by atoms with E-state index in [2.05, 4.69) is 10.1 Å². The van der Waals surface area contributed by atoms with Crippen molar-refractivity contribution in [3.8, 4) is 0 Å². The Balaban J connectivity index is 2.46. The first-order valence-corrected chi connectivity index (χ1v) is 5.91. The molecule has 0 aliphatic heterocycles. The van der Waals surface area contributed by atoms with Crippen LogP contribution in [0, 0.1) is 5.92 Å². The molecule has 0 amide bonds. The third-order valence-corrected chi connectivity index (χ3v) is 3.00. The van der Waals surface area contributed by atoms with Crippen molar-refractivity contribution in [2.24, 2.45) is 5.92 Å². The Morgan fingerprint density at radius 1 is 1.35 bits per heavy atom. The normalized spacial score (nSPS) is 25.6. The summed E-state index contributed by atoms with van der Waals surface area (Å²) in [6.45, 7) is 1.76. The minimum Gasteiger partial charge on any atom is -0.465 e. The van der Waals surface area contributed by atoms with E-state index in [1.807, 2.05) is 0 Å². The minimum absolute atomic E-state index is 0.143. The molecule has 2 unspecified atom stereocenters. The average molecular weight is 253 g/mol. The van der Waals surface area contributed by atoms with Crippen molar-refractivity contribution < 1.29 is 22.7 Å². The molecule has 17 heavy (non-hydrogen) atoms. The molecule has 1 N–H and O–H groups in total. The van der Waals surface area contributed by atoms with Gasteiger partial charge in [-0.15, -0.1) is 0 Å². The monoisotopic (exact) mass is 253 g/mol. The Labute approximate surface area is 98.7 Å². The molecule has 0 saturated heterocycles. The van der Waals surface area contributed by atoms with Crippen LogP contribution in [-0.4, -0.2) is 31.3 Å². The molecule has 0 aromatic heterocycles. The predicted octanol–water partition coefficient (Wildman–Crippen LogP) is 2.26. The van der Waals surface area contributed by atoms with Gasteiger partial charge in [0.15, 0.2) is 0 Å². The third-order valence-electron chi connectivity index (χ3n) is 3.00. The number of hydrogen-bond donors (Lipinski definition) is 1. The van der Waals surface area contributed by atoms with Gasteiger partial charge in [0, 0.05) is 6.04 Å². The van der Waals surface area contributed by atoms with Gasteiger partial charge >= 0.3 is 12.1 Å². The fourth-order valence-corrected chi connectivity index (χ4v) is 2.19. The highest BCUT2D eigenvalue weighted by Crippen LogP contribution is 2.37. The molecular weight excluding hydrogens is 235 g/mol. The van der Waals surface area contributed by atoms with Crippen molar-refractivity contribution in [3.63, 3.8) is 0 Å². The molecule has 100 valence electrons. The largest absolute Gasteiger partial charge is 0.465 e. The maximum atomic E-state index is 12.7. The van der Waals surface area contributed by atoms with Gasteiger partial charge in [0.1, 0.15) is 0 Å². The molecule has 1 fully saturated rings. The maximum absolute atomic E-state index is 12.7. The summed E-state index contributed by atoms with van der Waals surface area (Å²) >= 11 is 0. The van der Waals surface area contributed by atoms with Crippen LogP contribution in [0.4, 0.5) is 13.2 Å². The molecule has 0 radical (unpaired) electrons. The number of carbonyl (C=O) groups is 1. The molecule has 1 saturated carbocycles. The van der Waals surface area contributed by atoms with Crippen LogP contribution in [0.15, 0.2) is 0 Å². The predicted molar refractivity (Wildman–Crippen MR) is 56.4 cm³/mol. The topological polar surface area (TPSA) is 38.3 Å². The Bertz CT molecular complexity index is 256. The summed E-state index contributed by atoms with van der Waals surface area (Å²) in [5.74, 6) is -1.84. The van der Waals surface area contributed by atoms with Crippen LogP contribution in [0.3, 0.4) is 0 Å². The number of ether oxygens (including phenoxy) is 1. The zero-order valence-electron chi connectivity index (χ0n) is 9.85. The van der Waals surface area contributed by atoms with Crippen molar-refractivity contribution in [1.29, 1.82) is 0 Å². The first-order valence-electron chi connectivity index (χ1n) is 5.91. The molecule has 0 heterocycles. The lowest BCUT2D eigenvalue weighted by molar-refractivity contribution is -0.189. The molecule has 0 spiro atoms. The van der Waals surface area contributed by atoms with Crippen molar-refractivity contribution >= 4 is 5.97 Å². The highest BCUT2D eigenvalue weighted by atomic mass is 19.4. The molecule has 2 atom stereocenters. The van der Waals surface area contributed by atoms with E-state index in [9.17, 15) is 18.0 Å². The second-order valence-electron chi connectivity index (χ2n) is 4.22. The van der Waals surface area contributed by atoms with Gasteiger partial charge in [-0.1, -0.05) is 12.8 Å². The number of alkyl halides is 3. The zero-order chi connectivity index (χ0) is 12.9. The molecule has 0 aromatic rings. The van der Waals surface area contributed by atoms with Crippen molar-refractivity contribution in [3.05, 3.63) is 0 Å². The summed E-state index contributed by atoms with van der Waals surface area (Å²) in [5, 5.41) is 2.67. The van der Waals surface area contributed by atoms with E-state index in [1.165, 1.54) is 0 Å². The summed E-state index contributed by atoms with van der Waals surface area (Å²) in [6.07, 6.45) is -2.21. The van der Waals surface area contributed by atoms with Crippen molar-refractivity contribution in [1.82, 2.24) is 5.32 Å². The van der Waals surface area contributed by atoms with E-state index in [-0.39, 0.29) is 19.6 Å². The van der Waals surface area contributed by atoms with E-state index >= 15 is 0 Å². The molecule has 0 bridgehead atoms. The Morgan fingerprint density at radius 2 is 2.00 bits per heavy atom. The van der Waals surface area contributed by atoms with Crippen LogP contribution < -0.4 is 5.32 Å². The number of rotatable bonds is 4. The number of halogens is 3. The summed E-state index contributed by atoms with van der Waals surface area (Å²) < 4.78 is 42.8. The van der Waals surface area contributed by atoms with Gasteiger partial charge in [0.2, 0.25) is 0 Å². The van der Waals surface area contributed by atoms with E-state index in [0.29, 0.717) is 12.8 Å². The number of nitrogens with one attached hydrogen (secondary N) is 1. The number of esters is 1. The van der Waals surface area contributed by atoms with E-state index < -0.39 is 24.1 Å².